The van der Waals surface area contributed by atoms with E-state index in [4.69, 9.17) is 17.3 Å². The van der Waals surface area contributed by atoms with Crippen molar-refractivity contribution in [3.63, 3.8) is 0 Å². The highest BCUT2D eigenvalue weighted by molar-refractivity contribution is 7.07. The summed E-state index contributed by atoms with van der Waals surface area (Å²) in [5.74, 6) is 0.474. The van der Waals surface area contributed by atoms with Crippen LogP contribution in [0.25, 0.3) is 11.9 Å². The fraction of sp³-hybridized carbons (Fsp3) is 0.0476. The van der Waals surface area contributed by atoms with Crippen molar-refractivity contribution >= 4 is 52.1 Å². The third-order valence-corrected chi connectivity index (χ3v) is 5.37. The molecule has 28 heavy (non-hydrogen) atoms. The largest absolute Gasteiger partial charge is 0.384 e. The minimum atomic E-state index is -0.213. The van der Waals surface area contributed by atoms with E-state index in [0.717, 1.165) is 21.1 Å². The fourth-order valence-corrected chi connectivity index (χ4v) is 3.85. The topological polar surface area (TPSA) is 70.7 Å². The Morgan fingerprint density at radius 3 is 2.82 bits per heavy atom. The standard InChI is InChI=1S/C21H17ClN4OS/c22-15-3-1-2-14(12-15)4-9-19(27)25-16-5-7-17(8-6-16)26-13-24-21-18(20(26)23)10-11-28-21/h1-12H,13,23H2,(H,25,27)/b9-4+. The monoisotopic (exact) mass is 408 g/mol. The second kappa shape index (κ2) is 7.88. The van der Waals surface area contributed by atoms with Gasteiger partial charge < -0.3 is 16.0 Å². The Labute approximate surface area is 171 Å². The van der Waals surface area contributed by atoms with Crippen molar-refractivity contribution < 1.29 is 4.79 Å². The molecule has 0 aliphatic carbocycles. The van der Waals surface area contributed by atoms with E-state index in [1.165, 1.54) is 6.08 Å². The molecule has 1 aliphatic heterocycles. The molecule has 2 aromatic carbocycles. The Morgan fingerprint density at radius 2 is 2.04 bits per heavy atom. The lowest BCUT2D eigenvalue weighted by molar-refractivity contribution is -0.111. The van der Waals surface area contributed by atoms with Gasteiger partial charge in [-0.05, 0) is 59.5 Å². The van der Waals surface area contributed by atoms with E-state index in [0.29, 0.717) is 23.2 Å². The number of nitrogens with one attached hydrogen (secondary N) is 1. The van der Waals surface area contributed by atoms with E-state index < -0.39 is 0 Å². The number of amides is 1. The molecule has 2 heterocycles. The highest BCUT2D eigenvalue weighted by Crippen LogP contribution is 2.21. The smallest absolute Gasteiger partial charge is 0.248 e. The molecule has 1 amide bonds. The number of nitrogens with two attached hydrogens (primary N) is 1. The van der Waals surface area contributed by atoms with Gasteiger partial charge in [-0.25, -0.2) is 0 Å². The number of nitrogens with zero attached hydrogens (tertiary/aromatic N) is 2. The molecular weight excluding hydrogens is 392 g/mol. The van der Waals surface area contributed by atoms with Crippen LogP contribution >= 0.6 is 22.9 Å². The number of hydrogen-bond acceptors (Lipinski definition) is 5. The second-order valence-electron chi connectivity index (χ2n) is 6.18. The quantitative estimate of drug-likeness (QED) is 0.651. The minimum Gasteiger partial charge on any atom is -0.384 e. The van der Waals surface area contributed by atoms with Crippen molar-refractivity contribution in [2.24, 2.45) is 10.7 Å². The van der Waals surface area contributed by atoms with Crippen LogP contribution in [0.2, 0.25) is 5.02 Å². The predicted molar refractivity (Wildman–Crippen MR) is 116 cm³/mol. The summed E-state index contributed by atoms with van der Waals surface area (Å²) in [5, 5.41) is 6.42. The summed E-state index contributed by atoms with van der Waals surface area (Å²) in [5.41, 5.74) is 8.78. The third kappa shape index (κ3) is 3.93. The molecule has 0 bridgehead atoms. The maximum absolute atomic E-state index is 12.1. The molecule has 1 aliphatic rings. The number of fused-ring (bicyclic) bond motifs is 1. The lowest BCUT2D eigenvalue weighted by atomic mass is 10.2. The van der Waals surface area contributed by atoms with Gasteiger partial charge in [-0.3, -0.25) is 9.79 Å². The van der Waals surface area contributed by atoms with Gasteiger partial charge in [-0.2, -0.15) is 0 Å². The van der Waals surface area contributed by atoms with E-state index in [-0.39, 0.29) is 5.91 Å². The van der Waals surface area contributed by atoms with Gasteiger partial charge in [-0.15, -0.1) is 11.3 Å². The Kier molecular flexibility index (Phi) is 5.14. The SMILES string of the molecule is NC1=c2ccsc2=NCN1c1ccc(NC(=O)/C=C/c2cccc(Cl)c2)cc1. The van der Waals surface area contributed by atoms with Crippen LogP contribution in [0, 0.1) is 0 Å². The first-order chi connectivity index (χ1) is 13.6. The van der Waals surface area contributed by atoms with Crippen LogP contribution in [0.4, 0.5) is 11.4 Å². The van der Waals surface area contributed by atoms with E-state index in [2.05, 4.69) is 10.3 Å². The number of carbonyl (C=O) groups excluding carboxylic acids is 1. The van der Waals surface area contributed by atoms with Gasteiger partial charge >= 0.3 is 0 Å². The normalized spacial score (nSPS) is 13.3. The molecular formula is C21H17ClN4OS. The number of benzene rings is 2. The van der Waals surface area contributed by atoms with Crippen molar-refractivity contribution in [3.05, 3.63) is 86.5 Å². The highest BCUT2D eigenvalue weighted by Gasteiger charge is 2.14. The first-order valence-corrected chi connectivity index (χ1v) is 9.86. The average molecular weight is 409 g/mol. The summed E-state index contributed by atoms with van der Waals surface area (Å²) in [6.45, 7) is 0.480. The Morgan fingerprint density at radius 1 is 1.21 bits per heavy atom. The molecule has 0 saturated carbocycles. The van der Waals surface area contributed by atoms with Crippen molar-refractivity contribution in [2.45, 2.75) is 0 Å². The van der Waals surface area contributed by atoms with Gasteiger partial charge in [-0.1, -0.05) is 23.7 Å². The second-order valence-corrected chi connectivity index (χ2v) is 7.51. The zero-order valence-electron chi connectivity index (χ0n) is 14.8. The molecule has 0 atom stereocenters. The number of halogens is 1. The number of carbonyl (C=O) groups is 1. The summed E-state index contributed by atoms with van der Waals surface area (Å²) in [4.78, 5) is 18.6. The maximum Gasteiger partial charge on any atom is 0.248 e. The zero-order valence-corrected chi connectivity index (χ0v) is 16.4. The molecule has 3 N–H and O–H groups in total. The van der Waals surface area contributed by atoms with Gasteiger partial charge in [0.1, 0.15) is 17.2 Å². The third-order valence-electron chi connectivity index (χ3n) is 4.29. The molecule has 1 aromatic heterocycles. The average Bonchev–Trinajstić information content (AvgIpc) is 3.17. The first kappa shape index (κ1) is 18.3. The molecule has 3 aromatic rings. The lowest BCUT2D eigenvalue weighted by Crippen LogP contribution is -2.41. The summed E-state index contributed by atoms with van der Waals surface area (Å²) < 4.78 is 0.962. The summed E-state index contributed by atoms with van der Waals surface area (Å²) in [6, 6.07) is 16.8. The molecule has 0 saturated heterocycles. The summed E-state index contributed by atoms with van der Waals surface area (Å²) in [7, 11) is 0. The van der Waals surface area contributed by atoms with E-state index in [9.17, 15) is 4.79 Å². The minimum absolute atomic E-state index is 0.213. The Balaban J connectivity index is 1.44. The van der Waals surface area contributed by atoms with Crippen LogP contribution in [-0.2, 0) is 4.79 Å². The maximum atomic E-state index is 12.1. The van der Waals surface area contributed by atoms with Gasteiger partial charge in [0.25, 0.3) is 0 Å². The molecule has 4 rings (SSSR count). The first-order valence-electron chi connectivity index (χ1n) is 8.60. The summed E-state index contributed by atoms with van der Waals surface area (Å²) in [6.07, 6.45) is 3.20. The number of hydrogen-bond donors (Lipinski definition) is 2. The predicted octanol–water partition coefficient (Wildman–Crippen LogP) is 3.18. The molecule has 140 valence electrons. The van der Waals surface area contributed by atoms with E-state index in [1.54, 1.807) is 29.5 Å². The van der Waals surface area contributed by atoms with Crippen LogP contribution in [0.15, 0.2) is 71.0 Å². The molecule has 0 spiro atoms. The van der Waals surface area contributed by atoms with E-state index >= 15 is 0 Å². The van der Waals surface area contributed by atoms with Crippen molar-refractivity contribution in [3.8, 4) is 0 Å². The Hall–Kier alpha value is -3.09. The number of thiophene rings is 1. The van der Waals surface area contributed by atoms with Crippen molar-refractivity contribution in [1.29, 1.82) is 0 Å². The van der Waals surface area contributed by atoms with Crippen molar-refractivity contribution in [1.82, 2.24) is 0 Å². The van der Waals surface area contributed by atoms with Gasteiger partial charge in [0.2, 0.25) is 5.91 Å². The van der Waals surface area contributed by atoms with Crippen molar-refractivity contribution in [2.75, 3.05) is 16.9 Å². The molecule has 0 radical (unpaired) electrons. The van der Waals surface area contributed by atoms with Gasteiger partial charge in [0.15, 0.2) is 0 Å². The highest BCUT2D eigenvalue weighted by atomic mass is 35.5. The lowest BCUT2D eigenvalue weighted by Gasteiger charge is -2.24. The van der Waals surface area contributed by atoms with E-state index in [1.807, 2.05) is 52.7 Å². The number of anilines is 2. The van der Waals surface area contributed by atoms with Crippen LogP contribution in [0.5, 0.6) is 0 Å². The summed E-state index contributed by atoms with van der Waals surface area (Å²) >= 11 is 7.53. The van der Waals surface area contributed by atoms with Crippen LogP contribution < -0.4 is 25.8 Å². The van der Waals surface area contributed by atoms with Gasteiger partial charge in [0.05, 0.1) is 5.22 Å². The molecule has 0 unspecified atom stereocenters. The molecule has 0 fully saturated rings. The van der Waals surface area contributed by atoms with Crippen LogP contribution in [0.1, 0.15) is 5.56 Å². The van der Waals surface area contributed by atoms with Crippen LogP contribution in [-0.4, -0.2) is 12.6 Å². The Bertz CT molecular complexity index is 1170. The number of rotatable bonds is 4. The fourth-order valence-electron chi connectivity index (χ4n) is 2.89. The van der Waals surface area contributed by atoms with Gasteiger partial charge in [0, 0.05) is 22.5 Å². The molecule has 5 nitrogen and oxygen atoms in total. The molecule has 7 heteroatoms. The zero-order chi connectivity index (χ0) is 19.5. The van der Waals surface area contributed by atoms with Crippen LogP contribution in [0.3, 0.4) is 0 Å².